The SMILES string of the molecule is CCCCCCCC/C=C/C/C=C/CCC(=O)OC(COC(=O)CCCCCCCCCC)COP(=O)(O)OC[C@H](N)C(=O)O. The highest BCUT2D eigenvalue weighted by Gasteiger charge is 2.28. The van der Waals surface area contributed by atoms with Gasteiger partial charge in [-0.05, 0) is 32.1 Å². The molecule has 3 atom stereocenters. The van der Waals surface area contributed by atoms with Crippen LogP contribution in [-0.2, 0) is 37.5 Å². The van der Waals surface area contributed by atoms with Gasteiger partial charge in [0.1, 0.15) is 12.6 Å². The van der Waals surface area contributed by atoms with Crippen LogP contribution in [0.25, 0.3) is 0 Å². The van der Waals surface area contributed by atoms with Crippen LogP contribution >= 0.6 is 7.82 Å². The fourth-order valence-electron chi connectivity index (χ4n) is 4.23. The van der Waals surface area contributed by atoms with Crippen LogP contribution in [0.1, 0.15) is 136 Å². The van der Waals surface area contributed by atoms with Crippen LogP contribution in [0.3, 0.4) is 0 Å². The van der Waals surface area contributed by atoms with Crippen molar-refractivity contribution in [2.45, 2.75) is 148 Å². The van der Waals surface area contributed by atoms with Crippen molar-refractivity contribution in [3.63, 3.8) is 0 Å². The number of carbonyl (C=O) groups is 3. The van der Waals surface area contributed by atoms with Gasteiger partial charge in [-0.15, -0.1) is 0 Å². The minimum atomic E-state index is -4.71. The number of ether oxygens (including phenoxy) is 2. The molecule has 0 bridgehead atoms. The van der Waals surface area contributed by atoms with Gasteiger partial charge in [-0.25, -0.2) is 4.57 Å². The Morgan fingerprint density at radius 3 is 1.82 bits per heavy atom. The maximum Gasteiger partial charge on any atom is 0.472 e. The number of phosphoric ester groups is 1. The quantitative estimate of drug-likeness (QED) is 0.0290. The van der Waals surface area contributed by atoms with E-state index in [1.807, 2.05) is 12.2 Å². The predicted molar refractivity (Wildman–Crippen MR) is 176 cm³/mol. The molecule has 262 valence electrons. The molecule has 4 N–H and O–H groups in total. The van der Waals surface area contributed by atoms with Gasteiger partial charge in [0.05, 0.1) is 13.2 Å². The highest BCUT2D eigenvalue weighted by atomic mass is 31.2. The highest BCUT2D eigenvalue weighted by Crippen LogP contribution is 2.43. The number of hydrogen-bond acceptors (Lipinski definition) is 9. The summed E-state index contributed by atoms with van der Waals surface area (Å²) < 4.78 is 32.3. The maximum absolute atomic E-state index is 12.4. The molecule has 0 radical (unpaired) electrons. The zero-order valence-corrected chi connectivity index (χ0v) is 28.6. The molecule has 11 nitrogen and oxygen atoms in total. The van der Waals surface area contributed by atoms with E-state index in [1.165, 1.54) is 64.2 Å². The Labute approximate surface area is 270 Å². The molecule has 0 saturated carbocycles. The Hall–Kier alpha value is -2.04. The van der Waals surface area contributed by atoms with Gasteiger partial charge in [0.2, 0.25) is 0 Å². The van der Waals surface area contributed by atoms with E-state index in [-0.39, 0.29) is 19.4 Å². The van der Waals surface area contributed by atoms with Gasteiger partial charge in [-0.1, -0.05) is 115 Å². The van der Waals surface area contributed by atoms with E-state index in [9.17, 15) is 23.8 Å². The van der Waals surface area contributed by atoms with Crippen molar-refractivity contribution in [3.8, 4) is 0 Å². The zero-order chi connectivity index (χ0) is 33.6. The number of unbranched alkanes of at least 4 members (excludes halogenated alkanes) is 13. The van der Waals surface area contributed by atoms with Crippen molar-refractivity contribution in [2.24, 2.45) is 5.73 Å². The Morgan fingerprint density at radius 1 is 0.689 bits per heavy atom. The molecule has 0 aliphatic carbocycles. The molecule has 0 amide bonds. The second-order valence-electron chi connectivity index (χ2n) is 11.3. The summed E-state index contributed by atoms with van der Waals surface area (Å²) in [6.45, 7) is 2.65. The van der Waals surface area contributed by atoms with Gasteiger partial charge in [0.15, 0.2) is 6.10 Å². The van der Waals surface area contributed by atoms with Crippen molar-refractivity contribution in [2.75, 3.05) is 19.8 Å². The van der Waals surface area contributed by atoms with Gasteiger partial charge in [0, 0.05) is 12.8 Å². The average molecular weight is 662 g/mol. The topological polar surface area (TPSA) is 172 Å². The van der Waals surface area contributed by atoms with E-state index in [1.54, 1.807) is 0 Å². The van der Waals surface area contributed by atoms with Crippen LogP contribution in [0.5, 0.6) is 0 Å². The van der Waals surface area contributed by atoms with E-state index in [0.29, 0.717) is 12.8 Å². The smallest absolute Gasteiger partial charge is 0.472 e. The molecule has 45 heavy (non-hydrogen) atoms. The Morgan fingerprint density at radius 2 is 1.22 bits per heavy atom. The Balaban J connectivity index is 4.60. The number of allylic oxidation sites excluding steroid dienone is 4. The van der Waals surface area contributed by atoms with E-state index in [4.69, 9.17) is 24.8 Å². The fourth-order valence-corrected chi connectivity index (χ4v) is 5.01. The summed E-state index contributed by atoms with van der Waals surface area (Å²) in [4.78, 5) is 45.4. The third-order valence-corrected chi connectivity index (χ3v) is 7.92. The lowest BCUT2D eigenvalue weighted by Gasteiger charge is -2.20. The molecule has 2 unspecified atom stereocenters. The summed E-state index contributed by atoms with van der Waals surface area (Å²) in [6.07, 6.45) is 25.8. The number of nitrogens with two attached hydrogens (primary N) is 1. The summed E-state index contributed by atoms with van der Waals surface area (Å²) in [6, 6.07) is -1.52. The van der Waals surface area contributed by atoms with Crippen molar-refractivity contribution in [1.82, 2.24) is 0 Å². The predicted octanol–water partition coefficient (Wildman–Crippen LogP) is 7.55. The van der Waals surface area contributed by atoms with E-state index in [0.717, 1.165) is 32.1 Å². The molecule has 0 rings (SSSR count). The van der Waals surface area contributed by atoms with Crippen LogP contribution in [0, 0.1) is 0 Å². The summed E-state index contributed by atoms with van der Waals surface area (Å²) in [5, 5.41) is 8.81. The van der Waals surface area contributed by atoms with Crippen molar-refractivity contribution < 1.29 is 47.5 Å². The highest BCUT2D eigenvalue weighted by molar-refractivity contribution is 7.47. The van der Waals surface area contributed by atoms with E-state index in [2.05, 4.69) is 30.5 Å². The molecule has 0 aliphatic heterocycles. The Kier molecular flexibility index (Phi) is 28.0. The fraction of sp³-hybridized carbons (Fsp3) is 0.788. The van der Waals surface area contributed by atoms with Gasteiger partial charge in [0.25, 0.3) is 0 Å². The monoisotopic (exact) mass is 661 g/mol. The minimum absolute atomic E-state index is 0.0570. The molecule has 0 heterocycles. The molecule has 0 aromatic carbocycles. The number of phosphoric acid groups is 1. The van der Waals surface area contributed by atoms with Crippen LogP contribution in [0.15, 0.2) is 24.3 Å². The normalized spacial score (nSPS) is 14.4. The molecular weight excluding hydrogens is 601 g/mol. The van der Waals surface area contributed by atoms with Crippen molar-refractivity contribution >= 4 is 25.7 Å². The second kappa shape index (κ2) is 29.4. The van der Waals surface area contributed by atoms with E-state index < -0.39 is 51.1 Å². The van der Waals surface area contributed by atoms with Crippen molar-refractivity contribution in [3.05, 3.63) is 24.3 Å². The number of hydrogen-bond donors (Lipinski definition) is 3. The van der Waals surface area contributed by atoms with Crippen LogP contribution in [0.2, 0.25) is 0 Å². The van der Waals surface area contributed by atoms with Crippen molar-refractivity contribution in [1.29, 1.82) is 0 Å². The molecule has 0 aliphatic rings. The third-order valence-electron chi connectivity index (χ3n) is 6.97. The lowest BCUT2D eigenvalue weighted by Crippen LogP contribution is -2.34. The summed E-state index contributed by atoms with van der Waals surface area (Å²) in [5.41, 5.74) is 5.29. The van der Waals surface area contributed by atoms with Gasteiger partial charge < -0.3 is 25.2 Å². The molecule has 0 spiro atoms. The first-order valence-electron chi connectivity index (χ1n) is 16.9. The number of esters is 2. The van der Waals surface area contributed by atoms with Crippen LogP contribution < -0.4 is 5.73 Å². The van der Waals surface area contributed by atoms with E-state index >= 15 is 0 Å². The summed E-state index contributed by atoms with van der Waals surface area (Å²) in [7, 11) is -4.71. The Bertz CT molecular complexity index is 880. The largest absolute Gasteiger partial charge is 0.480 e. The standard InChI is InChI=1S/C33H60NO10P/c1-3-5-7-9-11-13-14-15-16-17-19-21-23-25-32(36)44-29(27-42-45(39,40)43-28-30(34)33(37)38)26-41-31(35)24-22-20-18-12-10-8-6-4-2/h15-16,19,21,29-30H,3-14,17-18,20,22-28,34H2,1-2H3,(H,37,38)(H,39,40)/b16-15+,21-19+/t29?,30-/m0/s1. The summed E-state index contributed by atoms with van der Waals surface area (Å²) >= 11 is 0. The number of carbonyl (C=O) groups excluding carboxylic acids is 2. The first kappa shape index (κ1) is 43.0. The number of aliphatic carboxylic acids is 1. The summed E-state index contributed by atoms with van der Waals surface area (Å²) in [5.74, 6) is -2.47. The molecule has 0 aromatic rings. The average Bonchev–Trinajstić information content (AvgIpc) is 3.00. The minimum Gasteiger partial charge on any atom is -0.480 e. The molecular formula is C33H60NO10P. The first-order chi connectivity index (χ1) is 21.6. The van der Waals surface area contributed by atoms with Crippen LogP contribution in [0.4, 0.5) is 0 Å². The molecule has 0 aromatic heterocycles. The van der Waals surface area contributed by atoms with Gasteiger partial charge in [-0.3, -0.25) is 23.4 Å². The number of carboxylic acid groups (broad SMARTS) is 1. The van der Waals surface area contributed by atoms with Gasteiger partial charge >= 0.3 is 25.7 Å². The third kappa shape index (κ3) is 29.1. The number of rotatable bonds is 31. The molecule has 0 fully saturated rings. The van der Waals surface area contributed by atoms with Gasteiger partial charge in [-0.2, -0.15) is 0 Å². The first-order valence-corrected chi connectivity index (χ1v) is 18.4. The number of carboxylic acids is 1. The maximum atomic E-state index is 12.4. The molecule has 0 saturated heterocycles. The zero-order valence-electron chi connectivity index (χ0n) is 27.7. The van der Waals surface area contributed by atoms with Crippen LogP contribution in [-0.4, -0.2) is 59.9 Å². The second-order valence-corrected chi connectivity index (χ2v) is 12.8. The lowest BCUT2D eigenvalue weighted by molar-refractivity contribution is -0.161. The molecule has 12 heteroatoms. The lowest BCUT2D eigenvalue weighted by atomic mass is 10.1.